The van der Waals surface area contributed by atoms with Gasteiger partial charge in [0.25, 0.3) is 0 Å². The number of nitrogens with zero attached hydrogens (tertiary/aromatic N) is 5. The Hall–Kier alpha value is -1.57. The lowest BCUT2D eigenvalue weighted by atomic mass is 10.1. The highest BCUT2D eigenvalue weighted by atomic mass is 35.5. The zero-order valence-corrected chi connectivity index (χ0v) is 13.2. The van der Waals surface area contributed by atoms with Gasteiger partial charge in [-0.25, -0.2) is 4.98 Å². The molecule has 2 aromatic rings. The molecule has 9 heteroatoms. The predicted molar refractivity (Wildman–Crippen MR) is 83.7 cm³/mol. The Morgan fingerprint density at radius 3 is 2.62 bits per heavy atom. The Labute approximate surface area is 132 Å². The fourth-order valence-corrected chi connectivity index (χ4v) is 2.85. The number of rotatable bonds is 3. The van der Waals surface area contributed by atoms with E-state index in [1.165, 1.54) is 4.68 Å². The molecule has 3 heterocycles. The van der Waals surface area contributed by atoms with Gasteiger partial charge in [0.15, 0.2) is 5.15 Å². The van der Waals surface area contributed by atoms with Crippen LogP contribution in [0.3, 0.4) is 0 Å². The van der Waals surface area contributed by atoms with Gasteiger partial charge in [-0.15, -0.1) is 0 Å². The summed E-state index contributed by atoms with van der Waals surface area (Å²) in [5, 5.41) is 8.00. The molecule has 0 aromatic carbocycles. The average Bonchev–Trinajstić information content (AvgIpc) is 2.61. The van der Waals surface area contributed by atoms with Crippen LogP contribution >= 0.6 is 23.2 Å². The molecule has 0 spiro atoms. The van der Waals surface area contributed by atoms with Crippen molar-refractivity contribution in [2.75, 3.05) is 30.8 Å². The van der Waals surface area contributed by atoms with Crippen molar-refractivity contribution in [2.24, 2.45) is 7.05 Å². The molecule has 0 atom stereocenters. The molecule has 0 amide bonds. The molecule has 21 heavy (non-hydrogen) atoms. The molecule has 0 unspecified atom stereocenters. The van der Waals surface area contributed by atoms with Gasteiger partial charge < -0.3 is 16.0 Å². The van der Waals surface area contributed by atoms with Gasteiger partial charge >= 0.3 is 0 Å². The maximum atomic E-state index is 6.22. The van der Waals surface area contributed by atoms with Gasteiger partial charge in [-0.1, -0.05) is 23.2 Å². The van der Waals surface area contributed by atoms with Crippen molar-refractivity contribution >= 4 is 35.0 Å². The Morgan fingerprint density at radius 1 is 1.33 bits per heavy atom. The first-order chi connectivity index (χ1) is 9.99. The molecule has 112 valence electrons. The first-order valence-corrected chi connectivity index (χ1v) is 7.20. The van der Waals surface area contributed by atoms with Crippen LogP contribution in [0.1, 0.15) is 0 Å². The molecular formula is C12H15Cl2N7. The molecule has 0 bridgehead atoms. The Bertz CT molecular complexity index is 678. The molecule has 2 aromatic heterocycles. The van der Waals surface area contributed by atoms with Gasteiger partial charge in [0.05, 0.1) is 11.3 Å². The van der Waals surface area contributed by atoms with E-state index in [-0.39, 0.29) is 5.95 Å². The number of hydrogen-bond acceptors (Lipinski definition) is 6. The van der Waals surface area contributed by atoms with Crippen LogP contribution in [0.15, 0.2) is 6.07 Å². The van der Waals surface area contributed by atoms with Crippen LogP contribution in [0, 0.1) is 0 Å². The van der Waals surface area contributed by atoms with Gasteiger partial charge in [-0.2, -0.15) is 10.1 Å². The van der Waals surface area contributed by atoms with Crippen molar-refractivity contribution in [1.29, 1.82) is 0 Å². The summed E-state index contributed by atoms with van der Waals surface area (Å²) < 4.78 is 1.50. The van der Waals surface area contributed by atoms with E-state index in [1.807, 2.05) is 13.1 Å². The van der Waals surface area contributed by atoms with E-state index < -0.39 is 0 Å². The van der Waals surface area contributed by atoms with Crippen LogP contribution in [0.25, 0.3) is 11.3 Å². The number of halogens is 2. The number of nitrogen functional groups attached to an aromatic ring is 1. The third-order valence-electron chi connectivity index (χ3n) is 3.53. The van der Waals surface area contributed by atoms with Crippen molar-refractivity contribution in [3.8, 4) is 11.3 Å². The standard InChI is InChI=1S/C12H15Cl2N7/c1-16-6-4-21(5-6)8-3-7(17-12(15)18-8)9-10(13)19-20(2)11(9)14/h3,6,16H,4-5H2,1-2H3,(H2,15,17,18). The fourth-order valence-electron chi connectivity index (χ4n) is 2.27. The first kappa shape index (κ1) is 14.4. The number of aromatic nitrogens is 4. The summed E-state index contributed by atoms with van der Waals surface area (Å²) in [5.74, 6) is 0.950. The van der Waals surface area contributed by atoms with E-state index in [2.05, 4.69) is 25.3 Å². The van der Waals surface area contributed by atoms with Crippen LogP contribution in [0.4, 0.5) is 11.8 Å². The third kappa shape index (κ3) is 2.52. The van der Waals surface area contributed by atoms with E-state index in [0.29, 0.717) is 27.6 Å². The molecule has 0 saturated carbocycles. The van der Waals surface area contributed by atoms with E-state index in [1.54, 1.807) is 7.05 Å². The topological polar surface area (TPSA) is 84.9 Å². The smallest absolute Gasteiger partial charge is 0.222 e. The van der Waals surface area contributed by atoms with Gasteiger partial charge in [-0.3, -0.25) is 4.68 Å². The molecule has 0 aliphatic carbocycles. The summed E-state index contributed by atoms with van der Waals surface area (Å²) in [6.07, 6.45) is 0. The lowest BCUT2D eigenvalue weighted by Gasteiger charge is -2.40. The van der Waals surface area contributed by atoms with Crippen molar-refractivity contribution < 1.29 is 0 Å². The van der Waals surface area contributed by atoms with E-state index in [4.69, 9.17) is 28.9 Å². The Morgan fingerprint density at radius 2 is 2.05 bits per heavy atom. The third-order valence-corrected chi connectivity index (χ3v) is 4.23. The van der Waals surface area contributed by atoms with Crippen molar-refractivity contribution in [2.45, 2.75) is 6.04 Å². The SMILES string of the molecule is CNC1CN(c2cc(-c3c(Cl)nn(C)c3Cl)nc(N)n2)C1. The average molecular weight is 328 g/mol. The molecule has 1 aliphatic rings. The molecule has 1 aliphatic heterocycles. The monoisotopic (exact) mass is 327 g/mol. The largest absolute Gasteiger partial charge is 0.368 e. The lowest BCUT2D eigenvalue weighted by Crippen LogP contribution is -2.57. The number of aryl methyl sites for hydroxylation is 1. The predicted octanol–water partition coefficient (Wildman–Crippen LogP) is 1.17. The lowest BCUT2D eigenvalue weighted by molar-refractivity contribution is 0.447. The minimum Gasteiger partial charge on any atom is -0.368 e. The minimum absolute atomic E-state index is 0.186. The highest BCUT2D eigenvalue weighted by Gasteiger charge is 2.27. The summed E-state index contributed by atoms with van der Waals surface area (Å²) in [6, 6.07) is 2.30. The molecule has 3 rings (SSSR count). The van der Waals surface area contributed by atoms with Gasteiger partial charge in [-0.05, 0) is 7.05 Å². The molecule has 1 fully saturated rings. The maximum Gasteiger partial charge on any atom is 0.222 e. The van der Waals surface area contributed by atoms with Crippen LogP contribution in [0.2, 0.25) is 10.3 Å². The minimum atomic E-state index is 0.186. The molecular weight excluding hydrogens is 313 g/mol. The fraction of sp³-hybridized carbons (Fsp3) is 0.417. The van der Waals surface area contributed by atoms with Crippen molar-refractivity contribution in [3.05, 3.63) is 16.4 Å². The van der Waals surface area contributed by atoms with E-state index in [9.17, 15) is 0 Å². The van der Waals surface area contributed by atoms with E-state index in [0.717, 1.165) is 18.9 Å². The summed E-state index contributed by atoms with van der Waals surface area (Å²) >= 11 is 12.3. The zero-order chi connectivity index (χ0) is 15.1. The maximum absolute atomic E-state index is 6.22. The first-order valence-electron chi connectivity index (χ1n) is 6.44. The Balaban J connectivity index is 1.98. The highest BCUT2D eigenvalue weighted by Crippen LogP contribution is 2.34. The van der Waals surface area contributed by atoms with Crippen LogP contribution in [-0.4, -0.2) is 45.9 Å². The molecule has 7 nitrogen and oxygen atoms in total. The Kier molecular flexibility index (Phi) is 3.64. The quantitative estimate of drug-likeness (QED) is 0.880. The highest BCUT2D eigenvalue weighted by molar-refractivity contribution is 6.38. The second-order valence-corrected chi connectivity index (χ2v) is 5.66. The normalized spacial score (nSPS) is 15.3. The number of hydrogen-bond donors (Lipinski definition) is 2. The summed E-state index contributed by atoms with van der Waals surface area (Å²) in [5.41, 5.74) is 6.96. The van der Waals surface area contributed by atoms with Crippen LogP contribution in [0.5, 0.6) is 0 Å². The van der Waals surface area contributed by atoms with Crippen molar-refractivity contribution in [3.63, 3.8) is 0 Å². The zero-order valence-electron chi connectivity index (χ0n) is 11.6. The summed E-state index contributed by atoms with van der Waals surface area (Å²) in [4.78, 5) is 10.6. The van der Waals surface area contributed by atoms with Crippen LogP contribution < -0.4 is 16.0 Å². The molecule has 1 saturated heterocycles. The molecule has 3 N–H and O–H groups in total. The van der Waals surface area contributed by atoms with Crippen LogP contribution in [-0.2, 0) is 7.05 Å². The number of nitrogens with one attached hydrogen (secondary N) is 1. The number of likely N-dealkylation sites (N-methyl/N-ethyl adjacent to an activating group) is 1. The second kappa shape index (κ2) is 5.32. The van der Waals surface area contributed by atoms with Gasteiger partial charge in [0.1, 0.15) is 11.0 Å². The van der Waals surface area contributed by atoms with E-state index >= 15 is 0 Å². The van der Waals surface area contributed by atoms with Gasteiger partial charge in [0.2, 0.25) is 5.95 Å². The summed E-state index contributed by atoms with van der Waals surface area (Å²) in [6.45, 7) is 1.75. The number of nitrogens with two attached hydrogens (primary N) is 1. The molecule has 0 radical (unpaired) electrons. The number of anilines is 2. The van der Waals surface area contributed by atoms with Gasteiger partial charge in [0, 0.05) is 32.2 Å². The second-order valence-electron chi connectivity index (χ2n) is 4.94. The summed E-state index contributed by atoms with van der Waals surface area (Å²) in [7, 11) is 3.66. The van der Waals surface area contributed by atoms with Crippen molar-refractivity contribution in [1.82, 2.24) is 25.1 Å².